The van der Waals surface area contributed by atoms with E-state index >= 15 is 0 Å². The molecule has 2 unspecified atom stereocenters. The molecule has 0 saturated heterocycles. The fourth-order valence-corrected chi connectivity index (χ4v) is 3.60. The molecule has 0 saturated carbocycles. The molecule has 0 fully saturated rings. The third-order valence-corrected chi connectivity index (χ3v) is 5.42. The lowest BCUT2D eigenvalue weighted by Gasteiger charge is -2.19. The molecule has 0 spiro atoms. The van der Waals surface area contributed by atoms with E-state index < -0.39 is 0 Å². The SMILES string of the molecule is COCC(Cc1ccccc1Cl)OCCOCCOC(COC)Cc1ccccc1Cl. The third-order valence-electron chi connectivity index (χ3n) is 4.68. The Labute approximate surface area is 195 Å². The van der Waals surface area contributed by atoms with Gasteiger partial charge in [-0.25, -0.2) is 0 Å². The summed E-state index contributed by atoms with van der Waals surface area (Å²) < 4.78 is 28.0. The van der Waals surface area contributed by atoms with E-state index in [1.165, 1.54) is 0 Å². The number of hydrogen-bond acceptors (Lipinski definition) is 5. The van der Waals surface area contributed by atoms with Crippen molar-refractivity contribution < 1.29 is 23.7 Å². The molecule has 2 rings (SSSR count). The van der Waals surface area contributed by atoms with Crippen LogP contribution in [0.25, 0.3) is 0 Å². The van der Waals surface area contributed by atoms with Crippen LogP contribution >= 0.6 is 23.2 Å². The summed E-state index contributed by atoms with van der Waals surface area (Å²) >= 11 is 12.5. The molecule has 0 aliphatic heterocycles. The quantitative estimate of drug-likeness (QED) is 0.328. The van der Waals surface area contributed by atoms with Gasteiger partial charge in [0.15, 0.2) is 0 Å². The summed E-state index contributed by atoms with van der Waals surface area (Å²) in [6.07, 6.45) is 1.23. The molecule has 0 heterocycles. The van der Waals surface area contributed by atoms with Crippen molar-refractivity contribution in [2.75, 3.05) is 53.9 Å². The lowest BCUT2D eigenvalue weighted by molar-refractivity contribution is -0.0512. The Balaban J connectivity index is 1.64. The summed E-state index contributed by atoms with van der Waals surface area (Å²) in [6, 6.07) is 15.5. The van der Waals surface area contributed by atoms with Gasteiger partial charge in [-0.3, -0.25) is 0 Å². The van der Waals surface area contributed by atoms with Crippen molar-refractivity contribution in [2.45, 2.75) is 25.0 Å². The molecule has 2 aromatic rings. The molecule has 0 amide bonds. The van der Waals surface area contributed by atoms with E-state index in [0.29, 0.717) is 52.5 Å². The predicted molar refractivity (Wildman–Crippen MR) is 124 cm³/mol. The lowest BCUT2D eigenvalue weighted by atomic mass is 10.1. The van der Waals surface area contributed by atoms with E-state index in [-0.39, 0.29) is 12.2 Å². The monoisotopic (exact) mass is 470 g/mol. The summed E-state index contributed by atoms with van der Waals surface area (Å²) in [5, 5.41) is 1.48. The van der Waals surface area contributed by atoms with Gasteiger partial charge in [-0.1, -0.05) is 59.6 Å². The summed E-state index contributed by atoms with van der Waals surface area (Å²) in [5.41, 5.74) is 2.09. The van der Waals surface area contributed by atoms with Crippen LogP contribution in [0.15, 0.2) is 48.5 Å². The maximum Gasteiger partial charge on any atom is 0.0850 e. The highest BCUT2D eigenvalue weighted by Crippen LogP contribution is 2.19. The number of ether oxygens (including phenoxy) is 5. The van der Waals surface area contributed by atoms with Crippen molar-refractivity contribution in [1.82, 2.24) is 0 Å². The van der Waals surface area contributed by atoms with Crippen LogP contribution in [0.2, 0.25) is 10.0 Å². The molecule has 0 aliphatic rings. The van der Waals surface area contributed by atoms with Crippen molar-refractivity contribution in [3.8, 4) is 0 Å². The molecule has 0 aliphatic carbocycles. The van der Waals surface area contributed by atoms with Crippen LogP contribution in [-0.2, 0) is 36.5 Å². The van der Waals surface area contributed by atoms with Crippen LogP contribution in [0.5, 0.6) is 0 Å². The number of rotatable bonds is 16. The summed E-state index contributed by atoms with van der Waals surface area (Å²) in [7, 11) is 3.33. The molecule has 7 heteroatoms. The average molecular weight is 471 g/mol. The van der Waals surface area contributed by atoms with Crippen molar-refractivity contribution in [3.05, 3.63) is 69.7 Å². The van der Waals surface area contributed by atoms with Gasteiger partial charge in [0, 0.05) is 37.1 Å². The Bertz CT molecular complexity index is 682. The van der Waals surface area contributed by atoms with Gasteiger partial charge in [0.2, 0.25) is 0 Å². The molecule has 2 atom stereocenters. The van der Waals surface area contributed by atoms with E-state index in [1.807, 2.05) is 48.5 Å². The fraction of sp³-hybridized carbons (Fsp3) is 0.500. The number of methoxy groups -OCH3 is 2. The minimum atomic E-state index is -0.0774. The highest BCUT2D eigenvalue weighted by atomic mass is 35.5. The zero-order valence-electron chi connectivity index (χ0n) is 18.2. The Hall–Kier alpha value is -1.18. The second kappa shape index (κ2) is 15.6. The van der Waals surface area contributed by atoms with E-state index in [2.05, 4.69) is 0 Å². The van der Waals surface area contributed by atoms with Gasteiger partial charge in [-0.15, -0.1) is 0 Å². The molecule has 31 heavy (non-hydrogen) atoms. The number of hydrogen-bond donors (Lipinski definition) is 0. The van der Waals surface area contributed by atoms with Crippen LogP contribution in [-0.4, -0.2) is 66.1 Å². The maximum absolute atomic E-state index is 6.24. The van der Waals surface area contributed by atoms with Gasteiger partial charge in [0.1, 0.15) is 0 Å². The largest absolute Gasteiger partial charge is 0.382 e. The summed E-state index contributed by atoms with van der Waals surface area (Å²) in [6.45, 7) is 2.89. The van der Waals surface area contributed by atoms with Crippen LogP contribution in [0.3, 0.4) is 0 Å². The minimum Gasteiger partial charge on any atom is -0.382 e. The highest BCUT2D eigenvalue weighted by Gasteiger charge is 2.13. The van der Waals surface area contributed by atoms with Crippen LogP contribution in [0, 0.1) is 0 Å². The first-order valence-corrected chi connectivity index (χ1v) is 11.1. The normalized spacial score (nSPS) is 13.3. The van der Waals surface area contributed by atoms with Gasteiger partial charge in [0.05, 0.1) is 51.8 Å². The number of halogens is 2. The van der Waals surface area contributed by atoms with E-state index in [9.17, 15) is 0 Å². The second-order valence-electron chi connectivity index (χ2n) is 7.10. The molecule has 0 N–H and O–H groups in total. The van der Waals surface area contributed by atoms with Gasteiger partial charge in [-0.05, 0) is 23.3 Å². The molecule has 2 aromatic carbocycles. The second-order valence-corrected chi connectivity index (χ2v) is 7.91. The molecule has 0 aromatic heterocycles. The molecule has 0 radical (unpaired) electrons. The van der Waals surface area contributed by atoms with E-state index in [1.54, 1.807) is 14.2 Å². The van der Waals surface area contributed by atoms with Crippen molar-refractivity contribution in [3.63, 3.8) is 0 Å². The Kier molecular flexibility index (Phi) is 13.1. The fourth-order valence-electron chi connectivity index (χ4n) is 3.17. The Morgan fingerprint density at radius 1 is 0.645 bits per heavy atom. The minimum absolute atomic E-state index is 0.0774. The zero-order valence-corrected chi connectivity index (χ0v) is 19.7. The smallest absolute Gasteiger partial charge is 0.0850 e. The Morgan fingerprint density at radius 2 is 1.06 bits per heavy atom. The summed E-state index contributed by atoms with van der Waals surface area (Å²) in [5.74, 6) is 0. The van der Waals surface area contributed by atoms with Gasteiger partial charge >= 0.3 is 0 Å². The topological polar surface area (TPSA) is 46.2 Å². The van der Waals surface area contributed by atoms with Crippen LogP contribution in [0.4, 0.5) is 0 Å². The van der Waals surface area contributed by atoms with Gasteiger partial charge in [0.25, 0.3) is 0 Å². The zero-order chi connectivity index (χ0) is 22.3. The average Bonchev–Trinajstić information content (AvgIpc) is 2.76. The summed E-state index contributed by atoms with van der Waals surface area (Å²) in [4.78, 5) is 0. The van der Waals surface area contributed by atoms with E-state index in [4.69, 9.17) is 46.9 Å². The van der Waals surface area contributed by atoms with Crippen molar-refractivity contribution >= 4 is 23.2 Å². The first-order valence-electron chi connectivity index (χ1n) is 10.4. The molecule has 5 nitrogen and oxygen atoms in total. The molecular formula is C24H32Cl2O5. The van der Waals surface area contributed by atoms with Crippen molar-refractivity contribution in [2.24, 2.45) is 0 Å². The molecule has 172 valence electrons. The third kappa shape index (κ3) is 10.3. The van der Waals surface area contributed by atoms with Gasteiger partial charge in [-0.2, -0.15) is 0 Å². The van der Waals surface area contributed by atoms with Crippen LogP contribution in [0.1, 0.15) is 11.1 Å². The molecule has 0 bridgehead atoms. The predicted octanol–water partition coefficient (Wildman–Crippen LogP) is 4.86. The Morgan fingerprint density at radius 3 is 1.45 bits per heavy atom. The molecular weight excluding hydrogens is 439 g/mol. The lowest BCUT2D eigenvalue weighted by Crippen LogP contribution is -2.25. The number of benzene rings is 2. The van der Waals surface area contributed by atoms with Gasteiger partial charge < -0.3 is 23.7 Å². The van der Waals surface area contributed by atoms with Crippen LogP contribution < -0.4 is 0 Å². The highest BCUT2D eigenvalue weighted by molar-refractivity contribution is 6.31. The maximum atomic E-state index is 6.24. The first-order chi connectivity index (χ1) is 15.1. The first kappa shape index (κ1) is 26.1. The van der Waals surface area contributed by atoms with E-state index in [0.717, 1.165) is 21.2 Å². The van der Waals surface area contributed by atoms with Crippen molar-refractivity contribution in [1.29, 1.82) is 0 Å². The standard InChI is InChI=1S/C24H32Cl2O5/c1-27-17-21(15-19-7-3-5-9-23(19)25)30-13-11-29-12-14-31-22(18-28-2)16-20-8-4-6-10-24(20)26/h3-10,21-22H,11-18H2,1-2H3.